The van der Waals surface area contributed by atoms with Crippen LogP contribution in [0.2, 0.25) is 0 Å². The zero-order valence-corrected chi connectivity index (χ0v) is 22.9. The van der Waals surface area contributed by atoms with Gasteiger partial charge in [0.2, 0.25) is 5.91 Å². The Balaban J connectivity index is 1.43. The molecule has 1 aliphatic heterocycles. The summed E-state index contributed by atoms with van der Waals surface area (Å²) in [5.74, 6) is -0.145. The summed E-state index contributed by atoms with van der Waals surface area (Å²) < 4.78 is 32.1. The summed E-state index contributed by atoms with van der Waals surface area (Å²) in [4.78, 5) is 15.8. The van der Waals surface area contributed by atoms with E-state index in [2.05, 4.69) is 0 Å². The lowest BCUT2D eigenvalue weighted by Crippen LogP contribution is -2.61. The Morgan fingerprint density at radius 3 is 2.19 bits per heavy atom. The summed E-state index contributed by atoms with van der Waals surface area (Å²) in [6.07, 6.45) is 1.44. The van der Waals surface area contributed by atoms with Crippen LogP contribution in [0.3, 0.4) is 0 Å². The van der Waals surface area contributed by atoms with Gasteiger partial charge in [0.25, 0.3) is 0 Å². The lowest BCUT2D eigenvalue weighted by Gasteiger charge is -2.48. The SMILES string of the molecule is COc1ccc(Sc2ccc(-c3ccc(CCC4(N(C)C(C)=O)COC(C)(C)OC4)cc3)c(F)c2)cc1. The van der Waals surface area contributed by atoms with Crippen molar-refractivity contribution < 1.29 is 23.4 Å². The second-order valence-electron chi connectivity index (χ2n) is 9.90. The molecule has 0 aliphatic carbocycles. The topological polar surface area (TPSA) is 48.0 Å². The monoisotopic (exact) mass is 523 g/mol. The zero-order valence-electron chi connectivity index (χ0n) is 22.0. The van der Waals surface area contributed by atoms with Crippen molar-refractivity contribution in [2.75, 3.05) is 27.4 Å². The van der Waals surface area contributed by atoms with E-state index in [9.17, 15) is 4.79 Å². The number of carbonyl (C=O) groups is 1. The van der Waals surface area contributed by atoms with Crippen LogP contribution in [0.25, 0.3) is 11.1 Å². The van der Waals surface area contributed by atoms with Gasteiger partial charge in [-0.05, 0) is 74.2 Å². The fourth-order valence-electron chi connectivity index (χ4n) is 4.34. The van der Waals surface area contributed by atoms with E-state index in [4.69, 9.17) is 14.2 Å². The van der Waals surface area contributed by atoms with Crippen LogP contribution in [-0.4, -0.2) is 49.5 Å². The maximum Gasteiger partial charge on any atom is 0.219 e. The molecule has 0 aromatic heterocycles. The molecule has 37 heavy (non-hydrogen) atoms. The molecule has 1 aliphatic rings. The Labute approximate surface area is 222 Å². The number of halogens is 1. The van der Waals surface area contributed by atoms with Gasteiger partial charge in [-0.1, -0.05) is 42.1 Å². The van der Waals surface area contributed by atoms with Crippen LogP contribution in [0.4, 0.5) is 4.39 Å². The van der Waals surface area contributed by atoms with Gasteiger partial charge >= 0.3 is 0 Å². The summed E-state index contributed by atoms with van der Waals surface area (Å²) in [5, 5.41) is 0. The highest BCUT2D eigenvalue weighted by atomic mass is 32.2. The number of amides is 1. The molecule has 0 bridgehead atoms. The molecule has 0 spiro atoms. The number of methoxy groups -OCH3 is 1. The number of aryl methyl sites for hydroxylation is 1. The molecular formula is C30H34FNO4S. The Hall–Kier alpha value is -2.87. The second kappa shape index (κ2) is 11.3. The molecule has 0 atom stereocenters. The van der Waals surface area contributed by atoms with Crippen molar-refractivity contribution in [2.45, 2.75) is 54.7 Å². The molecule has 0 unspecified atom stereocenters. The third-order valence-electron chi connectivity index (χ3n) is 6.94. The fourth-order valence-corrected chi connectivity index (χ4v) is 5.18. The van der Waals surface area contributed by atoms with Gasteiger partial charge < -0.3 is 19.1 Å². The molecule has 196 valence electrons. The first kappa shape index (κ1) is 27.2. The van der Waals surface area contributed by atoms with Crippen molar-refractivity contribution in [1.82, 2.24) is 4.90 Å². The molecule has 1 amide bonds. The van der Waals surface area contributed by atoms with E-state index >= 15 is 4.39 Å². The Kier molecular flexibility index (Phi) is 8.26. The first-order chi connectivity index (χ1) is 17.6. The predicted molar refractivity (Wildman–Crippen MR) is 144 cm³/mol. The third kappa shape index (κ3) is 6.53. The van der Waals surface area contributed by atoms with Gasteiger partial charge in [0.05, 0.1) is 25.9 Å². The Morgan fingerprint density at radius 1 is 1.00 bits per heavy atom. The summed E-state index contributed by atoms with van der Waals surface area (Å²) in [5.41, 5.74) is 1.97. The molecule has 3 aromatic rings. The van der Waals surface area contributed by atoms with Crippen LogP contribution < -0.4 is 4.74 Å². The summed E-state index contributed by atoms with van der Waals surface area (Å²) >= 11 is 1.51. The fraction of sp³-hybridized carbons (Fsp3) is 0.367. The van der Waals surface area contributed by atoms with E-state index in [-0.39, 0.29) is 11.7 Å². The smallest absolute Gasteiger partial charge is 0.219 e. The summed E-state index contributed by atoms with van der Waals surface area (Å²) in [6.45, 7) is 6.16. The molecule has 1 saturated heterocycles. The quantitative estimate of drug-likeness (QED) is 0.334. The number of hydrogen-bond donors (Lipinski definition) is 0. The van der Waals surface area contributed by atoms with Crippen molar-refractivity contribution in [3.05, 3.63) is 78.1 Å². The Morgan fingerprint density at radius 2 is 1.62 bits per heavy atom. The van der Waals surface area contributed by atoms with E-state index in [1.165, 1.54) is 11.8 Å². The van der Waals surface area contributed by atoms with Gasteiger partial charge in [0, 0.05) is 29.3 Å². The zero-order chi connectivity index (χ0) is 26.6. The van der Waals surface area contributed by atoms with Crippen LogP contribution in [-0.2, 0) is 20.7 Å². The minimum Gasteiger partial charge on any atom is -0.497 e. The normalized spacial score (nSPS) is 16.3. The molecule has 0 radical (unpaired) electrons. The maximum atomic E-state index is 15.0. The van der Waals surface area contributed by atoms with Gasteiger partial charge in [0.15, 0.2) is 5.79 Å². The summed E-state index contributed by atoms with van der Waals surface area (Å²) in [7, 11) is 3.43. The van der Waals surface area contributed by atoms with Gasteiger partial charge in [0.1, 0.15) is 11.6 Å². The first-order valence-electron chi connectivity index (χ1n) is 12.3. The lowest BCUT2D eigenvalue weighted by molar-refractivity contribution is -0.284. The highest BCUT2D eigenvalue weighted by molar-refractivity contribution is 7.99. The van der Waals surface area contributed by atoms with Gasteiger partial charge in [-0.15, -0.1) is 0 Å². The van der Waals surface area contributed by atoms with Crippen LogP contribution >= 0.6 is 11.8 Å². The van der Waals surface area contributed by atoms with E-state index < -0.39 is 11.3 Å². The first-order valence-corrected chi connectivity index (χ1v) is 13.2. The van der Waals surface area contributed by atoms with Gasteiger partial charge in [-0.2, -0.15) is 0 Å². The molecule has 1 heterocycles. The van der Waals surface area contributed by atoms with Gasteiger partial charge in [-0.3, -0.25) is 4.79 Å². The molecule has 5 nitrogen and oxygen atoms in total. The van der Waals surface area contributed by atoms with E-state index in [0.717, 1.165) is 33.1 Å². The number of nitrogens with zero attached hydrogens (tertiary/aromatic N) is 1. The molecule has 7 heteroatoms. The highest BCUT2D eigenvalue weighted by Gasteiger charge is 2.43. The van der Waals surface area contributed by atoms with Crippen molar-refractivity contribution in [2.24, 2.45) is 0 Å². The molecule has 0 saturated carbocycles. The second-order valence-corrected chi connectivity index (χ2v) is 11.0. The lowest BCUT2D eigenvalue weighted by atomic mass is 9.89. The van der Waals surface area contributed by atoms with Crippen molar-refractivity contribution in [1.29, 1.82) is 0 Å². The molecular weight excluding hydrogens is 489 g/mol. The minimum atomic E-state index is -0.657. The van der Waals surface area contributed by atoms with Crippen LogP contribution in [0, 0.1) is 5.82 Å². The molecule has 3 aromatic carbocycles. The number of hydrogen-bond acceptors (Lipinski definition) is 5. The third-order valence-corrected chi connectivity index (χ3v) is 7.94. The highest BCUT2D eigenvalue weighted by Crippen LogP contribution is 2.34. The van der Waals surface area contributed by atoms with Crippen LogP contribution in [0.5, 0.6) is 5.75 Å². The average molecular weight is 524 g/mol. The number of likely N-dealkylation sites (N-methyl/N-ethyl adjacent to an activating group) is 1. The number of carbonyl (C=O) groups excluding carboxylic acids is 1. The van der Waals surface area contributed by atoms with Crippen LogP contribution in [0.15, 0.2) is 76.5 Å². The van der Waals surface area contributed by atoms with Crippen LogP contribution in [0.1, 0.15) is 32.8 Å². The largest absolute Gasteiger partial charge is 0.497 e. The molecule has 4 rings (SSSR count). The minimum absolute atomic E-state index is 0.0219. The van der Waals surface area contributed by atoms with Crippen molar-refractivity contribution >= 4 is 17.7 Å². The predicted octanol–water partition coefficient (Wildman–Crippen LogP) is 6.59. The van der Waals surface area contributed by atoms with Crippen molar-refractivity contribution in [3.8, 4) is 16.9 Å². The average Bonchev–Trinajstić information content (AvgIpc) is 2.89. The van der Waals surface area contributed by atoms with E-state index in [1.54, 1.807) is 32.0 Å². The number of rotatable bonds is 8. The van der Waals surface area contributed by atoms with E-state index in [1.807, 2.05) is 74.5 Å². The van der Waals surface area contributed by atoms with Crippen molar-refractivity contribution in [3.63, 3.8) is 0 Å². The molecule has 0 N–H and O–H groups in total. The van der Waals surface area contributed by atoms with Gasteiger partial charge in [-0.25, -0.2) is 4.39 Å². The molecule has 1 fully saturated rings. The van der Waals surface area contributed by atoms with E-state index in [0.29, 0.717) is 25.2 Å². The summed E-state index contributed by atoms with van der Waals surface area (Å²) in [6, 6.07) is 21.0. The maximum absolute atomic E-state index is 15.0. The number of ether oxygens (including phenoxy) is 3. The number of benzene rings is 3. The Bertz CT molecular complexity index is 1220. The standard InChI is InChI=1S/C30H34FNO4S/c1-21(33)32(4)30(19-35-29(2,3)36-20-30)17-16-22-6-8-23(9-7-22)27-15-14-26(18-28(27)31)37-25-12-10-24(34-5)11-13-25/h6-15,18H,16-17,19-20H2,1-5H3.